The van der Waals surface area contributed by atoms with Crippen molar-refractivity contribution in [3.63, 3.8) is 0 Å². The Kier molecular flexibility index (Phi) is 6.78. The molecular formula is C16H34N2O. The lowest BCUT2D eigenvalue weighted by Crippen LogP contribution is -2.47. The van der Waals surface area contributed by atoms with E-state index in [1.54, 1.807) is 7.11 Å². The maximum Gasteiger partial charge on any atom is 0.0589 e. The fraction of sp³-hybridized carbons (Fsp3) is 1.00. The quantitative estimate of drug-likeness (QED) is 0.773. The van der Waals surface area contributed by atoms with E-state index in [2.05, 4.69) is 32.6 Å². The molecule has 3 heteroatoms. The molecule has 1 rings (SSSR count). The summed E-state index contributed by atoms with van der Waals surface area (Å²) in [5.41, 5.74) is 6.82. The molecule has 3 unspecified atom stereocenters. The highest BCUT2D eigenvalue weighted by Crippen LogP contribution is 2.38. The maximum atomic E-state index is 6.36. The molecule has 0 saturated heterocycles. The van der Waals surface area contributed by atoms with Crippen LogP contribution < -0.4 is 5.73 Å². The summed E-state index contributed by atoms with van der Waals surface area (Å²) in [6, 6.07) is 0.995. The van der Waals surface area contributed by atoms with Crippen molar-refractivity contribution in [2.75, 3.05) is 26.8 Å². The van der Waals surface area contributed by atoms with Gasteiger partial charge in [-0.25, -0.2) is 0 Å². The zero-order chi connectivity index (χ0) is 14.5. The van der Waals surface area contributed by atoms with Crippen LogP contribution >= 0.6 is 0 Å². The molecule has 0 aliphatic heterocycles. The molecule has 0 aromatic heterocycles. The molecular weight excluding hydrogens is 236 g/mol. The maximum absolute atomic E-state index is 6.36. The molecule has 0 aromatic carbocycles. The average Bonchev–Trinajstić information content (AvgIpc) is 2.37. The number of nitrogens with two attached hydrogens (primary N) is 1. The molecule has 1 aliphatic carbocycles. The van der Waals surface area contributed by atoms with Crippen molar-refractivity contribution in [1.82, 2.24) is 4.90 Å². The third-order valence-electron chi connectivity index (χ3n) is 4.84. The van der Waals surface area contributed by atoms with Crippen LogP contribution in [0.1, 0.15) is 53.4 Å². The highest BCUT2D eigenvalue weighted by atomic mass is 16.5. The number of rotatable bonds is 7. The number of hydrogen-bond acceptors (Lipinski definition) is 3. The molecule has 3 nitrogen and oxygen atoms in total. The molecule has 114 valence electrons. The van der Waals surface area contributed by atoms with E-state index in [-0.39, 0.29) is 0 Å². The lowest BCUT2D eigenvalue weighted by molar-refractivity contribution is 0.0732. The smallest absolute Gasteiger partial charge is 0.0589 e. The monoisotopic (exact) mass is 270 g/mol. The Balaban J connectivity index is 2.60. The number of ether oxygens (including phenoxy) is 1. The Bertz CT molecular complexity index is 255. The standard InChI is InChI=1S/C16H34N2O/c1-6-13(2)18(9-10-19-5)12-14-11-16(3,4)8-7-15(14)17/h13-15H,6-12,17H2,1-5H3. The summed E-state index contributed by atoms with van der Waals surface area (Å²) in [4.78, 5) is 2.56. The van der Waals surface area contributed by atoms with E-state index in [4.69, 9.17) is 10.5 Å². The van der Waals surface area contributed by atoms with Crippen molar-refractivity contribution in [2.24, 2.45) is 17.1 Å². The first-order valence-corrected chi connectivity index (χ1v) is 7.88. The van der Waals surface area contributed by atoms with E-state index >= 15 is 0 Å². The van der Waals surface area contributed by atoms with Gasteiger partial charge in [-0.15, -0.1) is 0 Å². The summed E-state index contributed by atoms with van der Waals surface area (Å²) in [5.74, 6) is 0.634. The number of hydrogen-bond donors (Lipinski definition) is 1. The van der Waals surface area contributed by atoms with E-state index in [1.807, 2.05) is 0 Å². The van der Waals surface area contributed by atoms with Crippen LogP contribution in [-0.4, -0.2) is 43.8 Å². The summed E-state index contributed by atoms with van der Waals surface area (Å²) in [6.45, 7) is 12.3. The summed E-state index contributed by atoms with van der Waals surface area (Å²) in [5, 5.41) is 0. The van der Waals surface area contributed by atoms with E-state index in [0.29, 0.717) is 23.4 Å². The lowest BCUT2D eigenvalue weighted by Gasteiger charge is -2.42. The van der Waals surface area contributed by atoms with Crippen LogP contribution in [0.15, 0.2) is 0 Å². The van der Waals surface area contributed by atoms with Crippen LogP contribution in [0.3, 0.4) is 0 Å². The second kappa shape index (κ2) is 7.61. The van der Waals surface area contributed by atoms with Gasteiger partial charge in [0.25, 0.3) is 0 Å². The Labute approximate surface area is 119 Å². The molecule has 0 spiro atoms. The van der Waals surface area contributed by atoms with Crippen molar-refractivity contribution >= 4 is 0 Å². The molecule has 0 bridgehead atoms. The van der Waals surface area contributed by atoms with Gasteiger partial charge in [0.1, 0.15) is 0 Å². The van der Waals surface area contributed by atoms with Crippen molar-refractivity contribution in [1.29, 1.82) is 0 Å². The van der Waals surface area contributed by atoms with Crippen LogP contribution in [0.4, 0.5) is 0 Å². The average molecular weight is 270 g/mol. The van der Waals surface area contributed by atoms with Crippen molar-refractivity contribution in [3.05, 3.63) is 0 Å². The van der Waals surface area contributed by atoms with Gasteiger partial charge in [-0.05, 0) is 43.9 Å². The Hall–Kier alpha value is -0.120. The van der Waals surface area contributed by atoms with Gasteiger partial charge >= 0.3 is 0 Å². The lowest BCUT2D eigenvalue weighted by atomic mass is 9.70. The van der Waals surface area contributed by atoms with Crippen molar-refractivity contribution in [3.8, 4) is 0 Å². The third kappa shape index (κ3) is 5.41. The van der Waals surface area contributed by atoms with Gasteiger partial charge in [-0.2, -0.15) is 0 Å². The van der Waals surface area contributed by atoms with Crippen molar-refractivity contribution < 1.29 is 4.74 Å². The topological polar surface area (TPSA) is 38.5 Å². The fourth-order valence-corrected chi connectivity index (χ4v) is 3.22. The summed E-state index contributed by atoms with van der Waals surface area (Å²) < 4.78 is 5.25. The normalized spacial score (nSPS) is 28.6. The van der Waals surface area contributed by atoms with E-state index < -0.39 is 0 Å². The minimum atomic E-state index is 0.377. The summed E-state index contributed by atoms with van der Waals surface area (Å²) in [7, 11) is 1.78. The second-order valence-corrected chi connectivity index (χ2v) is 7.08. The first-order valence-electron chi connectivity index (χ1n) is 7.88. The number of methoxy groups -OCH3 is 1. The van der Waals surface area contributed by atoms with Crippen LogP contribution in [0.2, 0.25) is 0 Å². The SMILES string of the molecule is CCC(C)N(CCOC)CC1CC(C)(C)CCC1N. The first kappa shape index (κ1) is 16.9. The van der Waals surface area contributed by atoms with Crippen LogP contribution in [-0.2, 0) is 4.74 Å². The highest BCUT2D eigenvalue weighted by Gasteiger charge is 2.34. The summed E-state index contributed by atoms with van der Waals surface area (Å²) >= 11 is 0. The van der Waals surface area contributed by atoms with E-state index in [9.17, 15) is 0 Å². The molecule has 1 fully saturated rings. The zero-order valence-electron chi connectivity index (χ0n) is 13.6. The van der Waals surface area contributed by atoms with Gasteiger partial charge in [0.05, 0.1) is 6.61 Å². The third-order valence-corrected chi connectivity index (χ3v) is 4.84. The Morgan fingerprint density at radius 1 is 1.42 bits per heavy atom. The van der Waals surface area contributed by atoms with Gasteiger partial charge in [0.2, 0.25) is 0 Å². The molecule has 1 saturated carbocycles. The second-order valence-electron chi connectivity index (χ2n) is 7.08. The zero-order valence-corrected chi connectivity index (χ0v) is 13.6. The number of nitrogens with zero attached hydrogens (tertiary/aromatic N) is 1. The largest absolute Gasteiger partial charge is 0.383 e. The molecule has 3 atom stereocenters. The van der Waals surface area contributed by atoms with Gasteiger partial charge in [-0.3, -0.25) is 4.90 Å². The minimum Gasteiger partial charge on any atom is -0.383 e. The van der Waals surface area contributed by atoms with Gasteiger partial charge in [0.15, 0.2) is 0 Å². The predicted molar refractivity (Wildman–Crippen MR) is 82.3 cm³/mol. The molecule has 0 radical (unpaired) electrons. The van der Waals surface area contributed by atoms with Crippen LogP contribution in [0.5, 0.6) is 0 Å². The molecule has 0 aromatic rings. The predicted octanol–water partition coefficient (Wildman–Crippen LogP) is 2.89. The molecule has 2 N–H and O–H groups in total. The highest BCUT2D eigenvalue weighted by molar-refractivity contribution is 4.89. The first-order chi connectivity index (χ1) is 8.89. The summed E-state index contributed by atoms with van der Waals surface area (Å²) in [6.07, 6.45) is 4.89. The molecule has 19 heavy (non-hydrogen) atoms. The van der Waals surface area contributed by atoms with E-state index in [0.717, 1.165) is 19.7 Å². The molecule has 0 amide bonds. The Morgan fingerprint density at radius 2 is 2.11 bits per heavy atom. The van der Waals surface area contributed by atoms with Gasteiger partial charge < -0.3 is 10.5 Å². The van der Waals surface area contributed by atoms with Crippen LogP contribution in [0, 0.1) is 11.3 Å². The minimum absolute atomic E-state index is 0.377. The fourth-order valence-electron chi connectivity index (χ4n) is 3.22. The Morgan fingerprint density at radius 3 is 2.68 bits per heavy atom. The van der Waals surface area contributed by atoms with E-state index in [1.165, 1.54) is 25.7 Å². The molecule has 1 aliphatic rings. The van der Waals surface area contributed by atoms with Crippen molar-refractivity contribution in [2.45, 2.75) is 65.5 Å². The molecule has 0 heterocycles. The van der Waals surface area contributed by atoms with Gasteiger partial charge in [0, 0.05) is 32.3 Å². The van der Waals surface area contributed by atoms with Gasteiger partial charge in [-0.1, -0.05) is 20.8 Å². The van der Waals surface area contributed by atoms with Crippen LogP contribution in [0.25, 0.3) is 0 Å².